The highest BCUT2D eigenvalue weighted by Crippen LogP contribution is 2.31. The molecule has 0 aromatic heterocycles. The average Bonchev–Trinajstić information content (AvgIpc) is 2.30. The van der Waals surface area contributed by atoms with Crippen LogP contribution in [0, 0.1) is 0 Å². The van der Waals surface area contributed by atoms with Gasteiger partial charge in [-0.15, -0.1) is 6.58 Å². The minimum atomic E-state index is 0.301. The number of benzene rings is 1. The molecule has 94 valence electrons. The third-order valence-electron chi connectivity index (χ3n) is 2.78. The van der Waals surface area contributed by atoms with E-state index in [1.807, 2.05) is 19.2 Å². The topological polar surface area (TPSA) is 21.3 Å². The zero-order valence-corrected chi connectivity index (χ0v) is 12.3. The highest BCUT2D eigenvalue weighted by Gasteiger charge is 2.14. The van der Waals surface area contributed by atoms with Crippen molar-refractivity contribution in [1.29, 1.82) is 0 Å². The largest absolute Gasteiger partial charge is 0.496 e. The molecule has 1 unspecified atom stereocenters. The van der Waals surface area contributed by atoms with Crippen LogP contribution in [0.15, 0.2) is 34.8 Å². The molecule has 0 aliphatic heterocycles. The van der Waals surface area contributed by atoms with E-state index in [1.165, 1.54) is 11.1 Å². The highest BCUT2D eigenvalue weighted by molar-refractivity contribution is 9.10. The van der Waals surface area contributed by atoms with Gasteiger partial charge in [-0.1, -0.05) is 27.6 Å². The monoisotopic (exact) mass is 297 g/mol. The van der Waals surface area contributed by atoms with Gasteiger partial charge in [0.15, 0.2) is 0 Å². The first-order valence-electron chi connectivity index (χ1n) is 5.73. The van der Waals surface area contributed by atoms with E-state index in [1.54, 1.807) is 7.11 Å². The maximum absolute atomic E-state index is 5.42. The van der Waals surface area contributed by atoms with Crippen molar-refractivity contribution < 1.29 is 4.74 Å². The molecule has 0 aliphatic rings. The van der Waals surface area contributed by atoms with Crippen LogP contribution in [0.4, 0.5) is 0 Å². The number of allylic oxidation sites excluding steroid dienone is 1. The van der Waals surface area contributed by atoms with Crippen LogP contribution in [-0.2, 0) is 0 Å². The predicted octanol–water partition coefficient (Wildman–Crippen LogP) is 4.07. The smallest absolute Gasteiger partial charge is 0.124 e. The molecule has 0 amide bonds. The molecule has 1 rings (SSSR count). The van der Waals surface area contributed by atoms with Crippen molar-refractivity contribution in [3.63, 3.8) is 0 Å². The minimum Gasteiger partial charge on any atom is -0.496 e. The number of nitrogens with one attached hydrogen (secondary N) is 1. The second-order valence-corrected chi connectivity index (χ2v) is 5.14. The fraction of sp³-hybridized carbons (Fsp3) is 0.429. The second-order valence-electron chi connectivity index (χ2n) is 4.22. The van der Waals surface area contributed by atoms with Gasteiger partial charge >= 0.3 is 0 Å². The molecule has 1 atom stereocenters. The summed E-state index contributed by atoms with van der Waals surface area (Å²) in [5.41, 5.74) is 2.40. The molecule has 1 N–H and O–H groups in total. The van der Waals surface area contributed by atoms with E-state index in [2.05, 4.69) is 40.8 Å². The van der Waals surface area contributed by atoms with Gasteiger partial charge in [-0.3, -0.25) is 0 Å². The summed E-state index contributed by atoms with van der Waals surface area (Å²) < 4.78 is 6.46. The van der Waals surface area contributed by atoms with Gasteiger partial charge in [0.05, 0.1) is 7.11 Å². The van der Waals surface area contributed by atoms with Gasteiger partial charge in [-0.05, 0) is 38.9 Å². The van der Waals surface area contributed by atoms with Crippen molar-refractivity contribution in [2.45, 2.75) is 25.8 Å². The molecule has 17 heavy (non-hydrogen) atoms. The number of ether oxygens (including phenoxy) is 1. The third kappa shape index (κ3) is 4.17. The summed E-state index contributed by atoms with van der Waals surface area (Å²) in [6, 6.07) is 6.45. The van der Waals surface area contributed by atoms with Crippen LogP contribution in [0.5, 0.6) is 5.75 Å². The van der Waals surface area contributed by atoms with Crippen molar-refractivity contribution >= 4 is 15.9 Å². The van der Waals surface area contributed by atoms with E-state index in [9.17, 15) is 0 Å². The van der Waals surface area contributed by atoms with Gasteiger partial charge in [0.2, 0.25) is 0 Å². The Kier molecular flexibility index (Phi) is 5.72. The van der Waals surface area contributed by atoms with Crippen LogP contribution in [0.3, 0.4) is 0 Å². The number of halogens is 1. The first kappa shape index (κ1) is 14.3. The van der Waals surface area contributed by atoms with Crippen molar-refractivity contribution in [3.8, 4) is 5.75 Å². The fourth-order valence-electron chi connectivity index (χ4n) is 1.82. The summed E-state index contributed by atoms with van der Waals surface area (Å²) in [5.74, 6) is 0.917. The summed E-state index contributed by atoms with van der Waals surface area (Å²) >= 11 is 3.46. The Labute approximate surface area is 112 Å². The summed E-state index contributed by atoms with van der Waals surface area (Å²) in [7, 11) is 3.68. The van der Waals surface area contributed by atoms with Gasteiger partial charge in [0.25, 0.3) is 0 Å². The van der Waals surface area contributed by atoms with Gasteiger partial charge in [-0.25, -0.2) is 0 Å². The Balaban J connectivity index is 2.90. The van der Waals surface area contributed by atoms with E-state index < -0.39 is 0 Å². The van der Waals surface area contributed by atoms with Crippen LogP contribution in [0.2, 0.25) is 0 Å². The molecule has 3 heteroatoms. The Morgan fingerprint density at radius 3 is 2.76 bits per heavy atom. The lowest BCUT2D eigenvalue weighted by atomic mass is 9.99. The summed E-state index contributed by atoms with van der Waals surface area (Å²) in [4.78, 5) is 0. The lowest BCUT2D eigenvalue weighted by molar-refractivity contribution is 0.398. The summed E-state index contributed by atoms with van der Waals surface area (Å²) in [6.07, 6.45) is 2.05. The number of hydrogen-bond donors (Lipinski definition) is 1. The van der Waals surface area contributed by atoms with Crippen LogP contribution < -0.4 is 10.1 Å². The number of hydrogen-bond acceptors (Lipinski definition) is 2. The van der Waals surface area contributed by atoms with E-state index in [0.717, 1.165) is 23.1 Å². The van der Waals surface area contributed by atoms with E-state index in [0.29, 0.717) is 6.04 Å². The van der Waals surface area contributed by atoms with Gasteiger partial charge in [-0.2, -0.15) is 0 Å². The molecular weight excluding hydrogens is 278 g/mol. The van der Waals surface area contributed by atoms with E-state index in [-0.39, 0.29) is 0 Å². The van der Waals surface area contributed by atoms with Crippen LogP contribution in [0.25, 0.3) is 0 Å². The molecule has 1 aromatic carbocycles. The molecule has 0 heterocycles. The molecule has 2 nitrogen and oxygen atoms in total. The molecule has 0 saturated heterocycles. The minimum absolute atomic E-state index is 0.301. The van der Waals surface area contributed by atoms with E-state index >= 15 is 0 Å². The zero-order chi connectivity index (χ0) is 12.8. The standard InChI is InChI=1S/C14H20BrNO/c1-10(2)5-8-13(16-3)12-7-6-11(15)9-14(12)17-4/h6-7,9,13,16H,1,5,8H2,2-4H3. The molecule has 1 aromatic rings. The number of methoxy groups -OCH3 is 1. The van der Waals surface area contributed by atoms with Gasteiger partial charge < -0.3 is 10.1 Å². The Morgan fingerprint density at radius 2 is 2.24 bits per heavy atom. The van der Waals surface area contributed by atoms with Crippen molar-refractivity contribution in [3.05, 3.63) is 40.4 Å². The quantitative estimate of drug-likeness (QED) is 0.799. The summed E-state index contributed by atoms with van der Waals surface area (Å²) in [6.45, 7) is 6.01. The van der Waals surface area contributed by atoms with Crippen LogP contribution >= 0.6 is 15.9 Å². The Hall–Kier alpha value is -0.800. The molecule has 0 spiro atoms. The Bertz CT molecular complexity index is 390. The molecule has 0 radical (unpaired) electrons. The fourth-order valence-corrected chi connectivity index (χ4v) is 2.16. The maximum atomic E-state index is 5.42. The second kappa shape index (κ2) is 6.82. The van der Waals surface area contributed by atoms with Crippen LogP contribution in [-0.4, -0.2) is 14.2 Å². The molecular formula is C14H20BrNO. The molecule has 0 bridgehead atoms. The first-order chi connectivity index (χ1) is 8.08. The van der Waals surface area contributed by atoms with Gasteiger partial charge in [0, 0.05) is 16.1 Å². The normalized spacial score (nSPS) is 12.2. The Morgan fingerprint density at radius 1 is 1.53 bits per heavy atom. The lowest BCUT2D eigenvalue weighted by Gasteiger charge is -2.19. The predicted molar refractivity (Wildman–Crippen MR) is 76.5 cm³/mol. The van der Waals surface area contributed by atoms with E-state index in [4.69, 9.17) is 4.74 Å². The first-order valence-corrected chi connectivity index (χ1v) is 6.53. The third-order valence-corrected chi connectivity index (χ3v) is 3.27. The van der Waals surface area contributed by atoms with Crippen LogP contribution in [0.1, 0.15) is 31.4 Å². The summed E-state index contributed by atoms with van der Waals surface area (Å²) in [5, 5.41) is 3.33. The van der Waals surface area contributed by atoms with Crippen molar-refractivity contribution in [2.75, 3.05) is 14.2 Å². The lowest BCUT2D eigenvalue weighted by Crippen LogP contribution is -2.17. The average molecular weight is 298 g/mol. The van der Waals surface area contributed by atoms with Crippen molar-refractivity contribution in [1.82, 2.24) is 5.32 Å². The molecule has 0 fully saturated rings. The highest BCUT2D eigenvalue weighted by atomic mass is 79.9. The van der Waals surface area contributed by atoms with Gasteiger partial charge in [0.1, 0.15) is 5.75 Å². The number of rotatable bonds is 6. The zero-order valence-electron chi connectivity index (χ0n) is 10.7. The SMILES string of the molecule is C=C(C)CCC(NC)c1ccc(Br)cc1OC. The maximum Gasteiger partial charge on any atom is 0.124 e. The molecule has 0 aliphatic carbocycles. The van der Waals surface area contributed by atoms with Crippen molar-refractivity contribution in [2.24, 2.45) is 0 Å². The molecule has 0 saturated carbocycles.